The lowest BCUT2D eigenvalue weighted by Gasteiger charge is -2.24. The molecule has 0 spiro atoms. The molecule has 0 unspecified atom stereocenters. The molecule has 4 heteroatoms. The van der Waals surface area contributed by atoms with E-state index in [2.05, 4.69) is 13.8 Å². The summed E-state index contributed by atoms with van der Waals surface area (Å²) >= 11 is 6.44. The van der Waals surface area contributed by atoms with E-state index in [1.54, 1.807) is 0 Å². The van der Waals surface area contributed by atoms with Crippen LogP contribution in [0, 0.1) is 0 Å². The second-order valence-electron chi connectivity index (χ2n) is 4.77. The van der Waals surface area contributed by atoms with Gasteiger partial charge in [-0.25, -0.2) is 0 Å². The average Bonchev–Trinajstić information content (AvgIpc) is 2.36. The number of aliphatic hydroxyl groups is 1. The number of ether oxygens (including phenoxy) is 2. The predicted molar refractivity (Wildman–Crippen MR) is 71.9 cm³/mol. The van der Waals surface area contributed by atoms with Crippen LogP contribution in [-0.4, -0.2) is 24.9 Å². The van der Waals surface area contributed by atoms with E-state index in [0.717, 1.165) is 29.7 Å². The molecular formula is C14H19ClO3. The topological polar surface area (TPSA) is 38.7 Å². The summed E-state index contributed by atoms with van der Waals surface area (Å²) in [5, 5.41) is 9.64. The fourth-order valence-corrected chi connectivity index (χ4v) is 2.80. The summed E-state index contributed by atoms with van der Waals surface area (Å²) in [7, 11) is 0. The molecule has 3 nitrogen and oxygen atoms in total. The fraction of sp³-hybridized carbons (Fsp3) is 0.571. The van der Waals surface area contributed by atoms with Crippen molar-refractivity contribution in [3.8, 4) is 11.5 Å². The molecule has 0 aromatic heterocycles. The Hall–Kier alpha value is -0.930. The number of hydrogen-bond acceptors (Lipinski definition) is 3. The Kier molecular flexibility index (Phi) is 4.36. The first kappa shape index (κ1) is 13.5. The minimum Gasteiger partial charge on any atom is -0.486 e. The van der Waals surface area contributed by atoms with E-state index in [-0.39, 0.29) is 6.61 Å². The van der Waals surface area contributed by atoms with Gasteiger partial charge in [0.05, 0.1) is 5.02 Å². The molecule has 0 atom stereocenters. The molecular weight excluding hydrogens is 252 g/mol. The van der Waals surface area contributed by atoms with Gasteiger partial charge in [0.2, 0.25) is 0 Å². The molecule has 0 bridgehead atoms. The van der Waals surface area contributed by atoms with Gasteiger partial charge in [0.1, 0.15) is 13.2 Å². The molecule has 0 saturated carbocycles. The van der Waals surface area contributed by atoms with Crippen molar-refractivity contribution in [2.75, 3.05) is 19.8 Å². The Morgan fingerprint density at radius 2 is 2.06 bits per heavy atom. The number of fused-ring (bicyclic) bond motifs is 1. The molecule has 0 amide bonds. The molecule has 1 aliphatic rings. The number of halogens is 1. The smallest absolute Gasteiger partial charge is 0.180 e. The molecule has 1 aromatic carbocycles. The molecule has 2 rings (SSSR count). The van der Waals surface area contributed by atoms with E-state index in [4.69, 9.17) is 26.2 Å². The Morgan fingerprint density at radius 3 is 2.72 bits per heavy atom. The molecule has 100 valence electrons. The summed E-state index contributed by atoms with van der Waals surface area (Å²) in [6.45, 7) is 5.51. The van der Waals surface area contributed by atoms with Crippen molar-refractivity contribution >= 4 is 11.6 Å². The molecule has 0 radical (unpaired) electrons. The Bertz CT molecular complexity index is 430. The molecule has 0 fully saturated rings. The lowest BCUT2D eigenvalue weighted by Crippen LogP contribution is -2.17. The quantitative estimate of drug-likeness (QED) is 0.913. The molecule has 1 aromatic rings. The van der Waals surface area contributed by atoms with Crippen LogP contribution in [0.4, 0.5) is 0 Å². The van der Waals surface area contributed by atoms with Gasteiger partial charge < -0.3 is 14.6 Å². The zero-order valence-electron chi connectivity index (χ0n) is 10.8. The summed E-state index contributed by atoms with van der Waals surface area (Å²) in [4.78, 5) is 0. The third-order valence-electron chi connectivity index (χ3n) is 3.08. The van der Waals surface area contributed by atoms with E-state index in [1.165, 1.54) is 0 Å². The third-order valence-corrected chi connectivity index (χ3v) is 3.46. The van der Waals surface area contributed by atoms with Crippen molar-refractivity contribution in [1.82, 2.24) is 0 Å². The highest BCUT2D eigenvalue weighted by Gasteiger charge is 2.22. The van der Waals surface area contributed by atoms with Crippen LogP contribution in [0.1, 0.15) is 37.3 Å². The zero-order chi connectivity index (χ0) is 13.1. The third kappa shape index (κ3) is 2.57. The summed E-state index contributed by atoms with van der Waals surface area (Å²) in [6, 6.07) is 2.01. The van der Waals surface area contributed by atoms with Crippen molar-refractivity contribution in [3.05, 3.63) is 22.2 Å². The van der Waals surface area contributed by atoms with Gasteiger partial charge in [-0.3, -0.25) is 0 Å². The van der Waals surface area contributed by atoms with Gasteiger partial charge in [-0.2, -0.15) is 0 Å². The number of rotatable bonds is 4. The zero-order valence-corrected chi connectivity index (χ0v) is 11.6. The summed E-state index contributed by atoms with van der Waals surface area (Å²) in [5.74, 6) is 1.71. The second kappa shape index (κ2) is 5.81. The normalized spacial score (nSPS) is 14.1. The lowest BCUT2D eigenvalue weighted by atomic mass is 9.93. The maximum Gasteiger partial charge on any atom is 0.180 e. The number of hydrogen-bond donors (Lipinski definition) is 1. The lowest BCUT2D eigenvalue weighted by molar-refractivity contribution is 0.171. The highest BCUT2D eigenvalue weighted by Crippen LogP contribution is 2.44. The van der Waals surface area contributed by atoms with E-state index in [1.807, 2.05) is 6.07 Å². The van der Waals surface area contributed by atoms with Crippen LogP contribution in [0.25, 0.3) is 0 Å². The summed E-state index contributed by atoms with van der Waals surface area (Å²) < 4.78 is 11.2. The van der Waals surface area contributed by atoms with Crippen molar-refractivity contribution in [2.45, 2.75) is 32.6 Å². The monoisotopic (exact) mass is 270 g/mol. The average molecular weight is 271 g/mol. The van der Waals surface area contributed by atoms with Gasteiger partial charge in [-0.05, 0) is 36.0 Å². The van der Waals surface area contributed by atoms with Gasteiger partial charge >= 0.3 is 0 Å². The molecule has 18 heavy (non-hydrogen) atoms. The molecule has 1 aliphatic heterocycles. The van der Waals surface area contributed by atoms with Crippen LogP contribution in [0.15, 0.2) is 6.07 Å². The van der Waals surface area contributed by atoms with Crippen molar-refractivity contribution < 1.29 is 14.6 Å². The van der Waals surface area contributed by atoms with Crippen molar-refractivity contribution in [2.24, 2.45) is 0 Å². The van der Waals surface area contributed by atoms with Crippen LogP contribution in [0.3, 0.4) is 0 Å². The number of aryl methyl sites for hydroxylation is 1. The fourth-order valence-electron chi connectivity index (χ4n) is 2.31. The molecule has 1 N–H and O–H groups in total. The second-order valence-corrected chi connectivity index (χ2v) is 5.15. The highest BCUT2D eigenvalue weighted by atomic mass is 35.5. The van der Waals surface area contributed by atoms with Crippen LogP contribution in [0.2, 0.25) is 5.02 Å². The van der Waals surface area contributed by atoms with Crippen molar-refractivity contribution in [3.63, 3.8) is 0 Å². The van der Waals surface area contributed by atoms with E-state index < -0.39 is 0 Å². The maximum atomic E-state index is 8.98. The van der Waals surface area contributed by atoms with Crippen LogP contribution < -0.4 is 9.47 Å². The Morgan fingerprint density at radius 1 is 1.33 bits per heavy atom. The van der Waals surface area contributed by atoms with Crippen molar-refractivity contribution in [1.29, 1.82) is 0 Å². The van der Waals surface area contributed by atoms with E-state index >= 15 is 0 Å². The Labute approximate surface area is 113 Å². The van der Waals surface area contributed by atoms with Gasteiger partial charge in [0.15, 0.2) is 11.5 Å². The first-order chi connectivity index (χ1) is 8.65. The summed E-state index contributed by atoms with van der Waals surface area (Å²) in [6.07, 6.45) is 1.54. The highest BCUT2D eigenvalue weighted by molar-refractivity contribution is 6.33. The summed E-state index contributed by atoms with van der Waals surface area (Å²) in [5.41, 5.74) is 2.25. The SMILES string of the molecule is CC(C)c1c(CCCO)cc2c(c1Cl)OCCO2. The van der Waals surface area contributed by atoms with E-state index in [9.17, 15) is 0 Å². The molecule has 0 aliphatic carbocycles. The largest absolute Gasteiger partial charge is 0.486 e. The first-order valence-corrected chi connectivity index (χ1v) is 6.74. The van der Waals surface area contributed by atoms with Crippen LogP contribution in [0.5, 0.6) is 11.5 Å². The molecule has 0 saturated heterocycles. The van der Waals surface area contributed by atoms with Gasteiger partial charge in [-0.1, -0.05) is 25.4 Å². The van der Waals surface area contributed by atoms with Crippen LogP contribution >= 0.6 is 11.6 Å². The minimum atomic E-state index is 0.184. The number of benzene rings is 1. The predicted octanol–water partition coefficient (Wildman–Crippen LogP) is 3.16. The Balaban J connectivity index is 2.46. The van der Waals surface area contributed by atoms with Gasteiger partial charge in [0, 0.05) is 6.61 Å². The first-order valence-electron chi connectivity index (χ1n) is 6.37. The standard InChI is InChI=1S/C14H19ClO3/c1-9(2)12-10(4-3-5-16)8-11-14(13(12)15)18-7-6-17-11/h8-9,16H,3-7H2,1-2H3. The van der Waals surface area contributed by atoms with Crippen LogP contribution in [-0.2, 0) is 6.42 Å². The molecule has 1 heterocycles. The minimum absolute atomic E-state index is 0.184. The van der Waals surface area contributed by atoms with Gasteiger partial charge in [0.25, 0.3) is 0 Å². The maximum absolute atomic E-state index is 8.98. The van der Waals surface area contributed by atoms with Gasteiger partial charge in [-0.15, -0.1) is 0 Å². The number of aliphatic hydroxyl groups excluding tert-OH is 1. The van der Waals surface area contributed by atoms with E-state index in [0.29, 0.717) is 29.9 Å².